The Labute approximate surface area is 179 Å². The highest BCUT2D eigenvalue weighted by Gasteiger charge is 2.32. The molecule has 9 heteroatoms. The summed E-state index contributed by atoms with van der Waals surface area (Å²) in [4.78, 5) is 17.0. The van der Waals surface area contributed by atoms with Gasteiger partial charge in [-0.05, 0) is 44.2 Å². The van der Waals surface area contributed by atoms with Gasteiger partial charge in [-0.2, -0.15) is 4.31 Å². The number of fused-ring (bicyclic) bond motifs is 1. The molecule has 1 aliphatic heterocycles. The van der Waals surface area contributed by atoms with E-state index >= 15 is 0 Å². The van der Waals surface area contributed by atoms with Crippen molar-refractivity contribution in [1.29, 1.82) is 0 Å². The smallest absolute Gasteiger partial charge is 0.338 e. The minimum absolute atomic E-state index is 0.0354. The van der Waals surface area contributed by atoms with E-state index in [0.29, 0.717) is 5.01 Å². The van der Waals surface area contributed by atoms with E-state index in [9.17, 15) is 13.2 Å². The molecule has 0 spiro atoms. The zero-order valence-electron chi connectivity index (χ0n) is 16.6. The number of para-hydroxylation sites is 1. The number of carbonyl (C=O) groups excluding carboxylic acids is 1. The van der Waals surface area contributed by atoms with Crippen LogP contribution in [0.1, 0.15) is 29.2 Å². The molecule has 2 atom stereocenters. The maximum absolute atomic E-state index is 13.0. The van der Waals surface area contributed by atoms with Crippen LogP contribution < -0.4 is 0 Å². The van der Waals surface area contributed by atoms with Crippen LogP contribution in [0, 0.1) is 0 Å². The van der Waals surface area contributed by atoms with Gasteiger partial charge in [-0.1, -0.05) is 18.2 Å². The van der Waals surface area contributed by atoms with Crippen molar-refractivity contribution in [3.05, 3.63) is 59.1 Å². The molecule has 1 aliphatic rings. The lowest BCUT2D eigenvalue weighted by atomic mass is 10.2. The minimum Gasteiger partial charge on any atom is -0.455 e. The van der Waals surface area contributed by atoms with Crippen molar-refractivity contribution in [2.24, 2.45) is 0 Å². The summed E-state index contributed by atoms with van der Waals surface area (Å²) in [6.45, 7) is 4.27. The van der Waals surface area contributed by atoms with Gasteiger partial charge >= 0.3 is 5.97 Å². The Hall–Kier alpha value is -2.33. The van der Waals surface area contributed by atoms with E-state index in [0.717, 1.165) is 10.2 Å². The highest BCUT2D eigenvalue weighted by molar-refractivity contribution is 7.89. The van der Waals surface area contributed by atoms with Crippen LogP contribution in [0.5, 0.6) is 0 Å². The highest BCUT2D eigenvalue weighted by atomic mass is 32.2. The number of esters is 1. The summed E-state index contributed by atoms with van der Waals surface area (Å²) in [6.07, 6.45) is -0.379. The Morgan fingerprint density at radius 3 is 2.63 bits per heavy atom. The highest BCUT2D eigenvalue weighted by Crippen LogP contribution is 2.24. The standard InChI is InChI=1S/C21H22N2O5S2/c1-14-11-23(12-15(2)28-14)30(25,26)17-7-5-6-16(10-17)21(24)27-13-20-22-18-8-3-4-9-19(18)29-20/h3-10,14-15H,11-13H2,1-2H3/t14-,15-/m1/s1. The predicted octanol–water partition coefficient (Wildman–Crippen LogP) is 3.45. The Bertz CT molecular complexity index is 1130. The number of benzene rings is 2. The lowest BCUT2D eigenvalue weighted by Crippen LogP contribution is -2.48. The molecule has 1 fully saturated rings. The Balaban J connectivity index is 1.48. The first-order valence-electron chi connectivity index (χ1n) is 9.60. The number of morpholine rings is 1. The van der Waals surface area contributed by atoms with Gasteiger partial charge in [0.15, 0.2) is 0 Å². The first-order chi connectivity index (χ1) is 14.3. The van der Waals surface area contributed by atoms with Crippen LogP contribution in [0.2, 0.25) is 0 Å². The molecule has 158 valence electrons. The van der Waals surface area contributed by atoms with Gasteiger partial charge in [0.05, 0.1) is 32.9 Å². The number of aromatic nitrogens is 1. The molecule has 0 unspecified atom stereocenters. The average Bonchev–Trinajstić information content (AvgIpc) is 3.14. The van der Waals surface area contributed by atoms with Gasteiger partial charge in [0, 0.05) is 13.1 Å². The van der Waals surface area contributed by atoms with Crippen LogP contribution >= 0.6 is 11.3 Å². The third kappa shape index (κ3) is 4.39. The summed E-state index contributed by atoms with van der Waals surface area (Å²) in [5, 5.41) is 0.685. The second-order valence-electron chi connectivity index (χ2n) is 7.26. The zero-order valence-corrected chi connectivity index (χ0v) is 18.3. The third-order valence-electron chi connectivity index (χ3n) is 4.76. The van der Waals surface area contributed by atoms with E-state index in [1.807, 2.05) is 38.1 Å². The molecule has 7 nitrogen and oxygen atoms in total. The number of nitrogens with zero attached hydrogens (tertiary/aromatic N) is 2. The molecule has 0 bridgehead atoms. The number of hydrogen-bond donors (Lipinski definition) is 0. The fourth-order valence-electron chi connectivity index (χ4n) is 3.45. The molecule has 0 aliphatic carbocycles. The third-order valence-corrected chi connectivity index (χ3v) is 7.60. The van der Waals surface area contributed by atoms with E-state index in [1.54, 1.807) is 12.1 Å². The van der Waals surface area contributed by atoms with Crippen molar-refractivity contribution in [3.63, 3.8) is 0 Å². The molecule has 0 saturated carbocycles. The predicted molar refractivity (Wildman–Crippen MR) is 114 cm³/mol. The molecule has 0 N–H and O–H groups in total. The number of sulfonamides is 1. The van der Waals surface area contributed by atoms with Crippen molar-refractivity contribution in [2.75, 3.05) is 13.1 Å². The fraction of sp³-hybridized carbons (Fsp3) is 0.333. The molecule has 2 aromatic carbocycles. The van der Waals surface area contributed by atoms with E-state index in [2.05, 4.69) is 4.98 Å². The summed E-state index contributed by atoms with van der Waals surface area (Å²) < 4.78 is 39.5. The van der Waals surface area contributed by atoms with Gasteiger partial charge in [0.2, 0.25) is 10.0 Å². The molecular formula is C21H22N2O5S2. The second kappa shape index (κ2) is 8.43. The van der Waals surface area contributed by atoms with E-state index < -0.39 is 16.0 Å². The number of hydrogen-bond acceptors (Lipinski definition) is 7. The van der Waals surface area contributed by atoms with Crippen LogP contribution in [0.15, 0.2) is 53.4 Å². The van der Waals surface area contributed by atoms with Crippen molar-refractivity contribution in [1.82, 2.24) is 9.29 Å². The lowest BCUT2D eigenvalue weighted by molar-refractivity contribution is -0.0440. The number of carbonyl (C=O) groups is 1. The summed E-state index contributed by atoms with van der Waals surface area (Å²) in [6, 6.07) is 13.6. The van der Waals surface area contributed by atoms with Crippen LogP contribution in [0.25, 0.3) is 10.2 Å². The summed E-state index contributed by atoms with van der Waals surface area (Å²) in [7, 11) is -3.73. The largest absolute Gasteiger partial charge is 0.455 e. The van der Waals surface area contributed by atoms with Crippen LogP contribution in [-0.4, -0.2) is 49.0 Å². The number of thiazole rings is 1. The normalized spacial score (nSPS) is 20.3. The van der Waals surface area contributed by atoms with Crippen molar-refractivity contribution in [2.45, 2.75) is 37.6 Å². The quantitative estimate of drug-likeness (QED) is 0.558. The Morgan fingerprint density at radius 2 is 1.90 bits per heavy atom. The monoisotopic (exact) mass is 446 g/mol. The van der Waals surface area contributed by atoms with Gasteiger partial charge in [0.1, 0.15) is 11.6 Å². The Kier molecular flexibility index (Phi) is 5.88. The summed E-state index contributed by atoms with van der Waals surface area (Å²) in [5.41, 5.74) is 1.04. The average molecular weight is 447 g/mol. The number of ether oxygens (including phenoxy) is 2. The molecule has 4 rings (SSSR count). The van der Waals surface area contributed by atoms with E-state index in [1.165, 1.54) is 27.8 Å². The topological polar surface area (TPSA) is 85.8 Å². The SMILES string of the molecule is C[C@@H]1CN(S(=O)(=O)c2cccc(C(=O)OCc3nc4ccccc4s3)c2)C[C@@H](C)O1. The summed E-state index contributed by atoms with van der Waals surface area (Å²) >= 11 is 1.46. The van der Waals surface area contributed by atoms with Crippen molar-refractivity contribution >= 4 is 37.5 Å². The molecular weight excluding hydrogens is 424 g/mol. The van der Waals surface area contributed by atoms with Crippen LogP contribution in [0.3, 0.4) is 0 Å². The Morgan fingerprint density at radius 1 is 1.17 bits per heavy atom. The van der Waals surface area contributed by atoms with Gasteiger partial charge in [-0.25, -0.2) is 18.2 Å². The zero-order chi connectivity index (χ0) is 21.3. The van der Waals surface area contributed by atoms with Crippen molar-refractivity contribution in [3.8, 4) is 0 Å². The van der Waals surface area contributed by atoms with Crippen molar-refractivity contribution < 1.29 is 22.7 Å². The lowest BCUT2D eigenvalue weighted by Gasteiger charge is -2.34. The van der Waals surface area contributed by atoms with Crippen LogP contribution in [-0.2, 0) is 26.1 Å². The molecule has 2 heterocycles. The molecule has 0 radical (unpaired) electrons. The fourth-order valence-corrected chi connectivity index (χ4v) is 5.97. The summed E-state index contributed by atoms with van der Waals surface area (Å²) in [5.74, 6) is -0.588. The van der Waals surface area contributed by atoms with Gasteiger partial charge < -0.3 is 9.47 Å². The first kappa shape index (κ1) is 20.9. The first-order valence-corrected chi connectivity index (χ1v) is 11.9. The molecule has 1 aromatic heterocycles. The van der Waals surface area contributed by atoms with Gasteiger partial charge in [-0.3, -0.25) is 0 Å². The second-order valence-corrected chi connectivity index (χ2v) is 10.3. The molecule has 30 heavy (non-hydrogen) atoms. The maximum Gasteiger partial charge on any atom is 0.338 e. The van der Waals surface area contributed by atoms with Crippen LogP contribution in [0.4, 0.5) is 0 Å². The molecule has 1 saturated heterocycles. The van der Waals surface area contributed by atoms with Gasteiger partial charge in [-0.15, -0.1) is 11.3 Å². The van der Waals surface area contributed by atoms with E-state index in [4.69, 9.17) is 9.47 Å². The van der Waals surface area contributed by atoms with E-state index in [-0.39, 0.29) is 42.4 Å². The maximum atomic E-state index is 13.0. The molecule has 3 aromatic rings. The molecule has 0 amide bonds. The number of rotatable bonds is 5. The minimum atomic E-state index is -3.73. The van der Waals surface area contributed by atoms with Gasteiger partial charge in [0.25, 0.3) is 0 Å².